The molecule has 82 valence electrons. The van der Waals surface area contributed by atoms with Crippen molar-refractivity contribution in [1.29, 1.82) is 0 Å². The molecule has 0 aliphatic carbocycles. The summed E-state index contributed by atoms with van der Waals surface area (Å²) in [5, 5.41) is 9.88. The average molecular weight is 198 g/mol. The van der Waals surface area contributed by atoms with Gasteiger partial charge < -0.3 is 14.9 Å². The highest BCUT2D eigenvalue weighted by molar-refractivity contribution is 4.85. The second-order valence-electron chi connectivity index (χ2n) is 4.69. The van der Waals surface area contributed by atoms with Crippen LogP contribution in [0.5, 0.6) is 0 Å². The standard InChI is InChI=1S/C11H22N2O/c1-2-12-7-10(11(14)9-12)8-13-5-3-4-6-13/h10-11,14H,2-9H2,1H3. The maximum Gasteiger partial charge on any atom is 0.0719 e. The van der Waals surface area contributed by atoms with Crippen LogP contribution in [0.1, 0.15) is 19.8 Å². The molecule has 0 aromatic heterocycles. The molecule has 0 aromatic carbocycles. The lowest BCUT2D eigenvalue weighted by molar-refractivity contribution is 0.121. The van der Waals surface area contributed by atoms with Crippen molar-refractivity contribution >= 4 is 0 Å². The molecule has 2 fully saturated rings. The molecular formula is C11H22N2O. The Morgan fingerprint density at radius 1 is 1.14 bits per heavy atom. The molecule has 14 heavy (non-hydrogen) atoms. The second-order valence-corrected chi connectivity index (χ2v) is 4.69. The van der Waals surface area contributed by atoms with E-state index in [1.54, 1.807) is 0 Å². The predicted octanol–water partition coefficient (Wildman–Crippen LogP) is 0.395. The van der Waals surface area contributed by atoms with Crippen LogP contribution in [0.2, 0.25) is 0 Å². The van der Waals surface area contributed by atoms with E-state index in [9.17, 15) is 5.11 Å². The number of likely N-dealkylation sites (N-methyl/N-ethyl adjacent to an activating group) is 1. The molecule has 0 radical (unpaired) electrons. The van der Waals surface area contributed by atoms with E-state index >= 15 is 0 Å². The summed E-state index contributed by atoms with van der Waals surface area (Å²) >= 11 is 0. The van der Waals surface area contributed by atoms with Crippen LogP contribution in [0, 0.1) is 5.92 Å². The van der Waals surface area contributed by atoms with E-state index in [1.807, 2.05) is 0 Å². The van der Waals surface area contributed by atoms with E-state index < -0.39 is 0 Å². The van der Waals surface area contributed by atoms with Gasteiger partial charge in [0, 0.05) is 25.6 Å². The Hall–Kier alpha value is -0.120. The van der Waals surface area contributed by atoms with Crippen molar-refractivity contribution in [1.82, 2.24) is 9.80 Å². The summed E-state index contributed by atoms with van der Waals surface area (Å²) in [4.78, 5) is 4.86. The minimum Gasteiger partial charge on any atom is -0.391 e. The molecule has 0 bridgehead atoms. The monoisotopic (exact) mass is 198 g/mol. The van der Waals surface area contributed by atoms with Crippen LogP contribution >= 0.6 is 0 Å². The summed E-state index contributed by atoms with van der Waals surface area (Å²) in [5.41, 5.74) is 0. The average Bonchev–Trinajstić information content (AvgIpc) is 2.78. The summed E-state index contributed by atoms with van der Waals surface area (Å²) in [6.07, 6.45) is 2.61. The molecule has 2 aliphatic rings. The van der Waals surface area contributed by atoms with Crippen molar-refractivity contribution in [2.75, 3.05) is 39.3 Å². The Kier molecular flexibility index (Phi) is 3.42. The number of hydrogen-bond donors (Lipinski definition) is 1. The first-order valence-electron chi connectivity index (χ1n) is 5.92. The van der Waals surface area contributed by atoms with Crippen LogP contribution in [0.4, 0.5) is 0 Å². The van der Waals surface area contributed by atoms with Crippen LogP contribution in [0.15, 0.2) is 0 Å². The molecule has 3 nitrogen and oxygen atoms in total. The zero-order chi connectivity index (χ0) is 9.97. The number of β-amino-alcohol motifs (C(OH)–C–C–N with tert-alkyl or cyclic N) is 1. The summed E-state index contributed by atoms with van der Waals surface area (Å²) in [6.45, 7) is 8.82. The van der Waals surface area contributed by atoms with Gasteiger partial charge in [-0.05, 0) is 32.5 Å². The molecule has 0 amide bonds. The van der Waals surface area contributed by atoms with Gasteiger partial charge in [-0.15, -0.1) is 0 Å². The van der Waals surface area contributed by atoms with Gasteiger partial charge in [0.25, 0.3) is 0 Å². The Bertz CT molecular complexity index is 180. The third-order valence-corrected chi connectivity index (χ3v) is 3.62. The van der Waals surface area contributed by atoms with E-state index in [2.05, 4.69) is 16.7 Å². The van der Waals surface area contributed by atoms with E-state index in [0.29, 0.717) is 5.92 Å². The maximum atomic E-state index is 9.88. The van der Waals surface area contributed by atoms with Crippen molar-refractivity contribution in [2.24, 2.45) is 5.92 Å². The zero-order valence-electron chi connectivity index (χ0n) is 9.15. The van der Waals surface area contributed by atoms with Gasteiger partial charge in [-0.3, -0.25) is 0 Å². The zero-order valence-corrected chi connectivity index (χ0v) is 9.15. The van der Waals surface area contributed by atoms with Gasteiger partial charge in [0.1, 0.15) is 0 Å². The molecule has 2 atom stereocenters. The number of nitrogens with zero attached hydrogens (tertiary/aromatic N) is 2. The molecule has 2 saturated heterocycles. The third-order valence-electron chi connectivity index (χ3n) is 3.62. The van der Waals surface area contributed by atoms with E-state index in [1.165, 1.54) is 25.9 Å². The Morgan fingerprint density at radius 2 is 1.86 bits per heavy atom. The predicted molar refractivity (Wildman–Crippen MR) is 57.3 cm³/mol. The molecule has 1 N–H and O–H groups in total. The van der Waals surface area contributed by atoms with Gasteiger partial charge in [-0.2, -0.15) is 0 Å². The first kappa shape index (κ1) is 10.4. The second kappa shape index (κ2) is 4.60. The Labute approximate surface area is 86.7 Å². The van der Waals surface area contributed by atoms with Crippen LogP contribution in [0.3, 0.4) is 0 Å². The fourth-order valence-electron chi connectivity index (χ4n) is 2.68. The van der Waals surface area contributed by atoms with Crippen molar-refractivity contribution in [3.8, 4) is 0 Å². The summed E-state index contributed by atoms with van der Waals surface area (Å²) in [5.74, 6) is 0.494. The largest absolute Gasteiger partial charge is 0.391 e. The van der Waals surface area contributed by atoms with Gasteiger partial charge in [-0.1, -0.05) is 6.92 Å². The normalized spacial score (nSPS) is 35.6. The number of hydrogen-bond acceptors (Lipinski definition) is 3. The van der Waals surface area contributed by atoms with Gasteiger partial charge in [0.15, 0.2) is 0 Å². The Morgan fingerprint density at radius 3 is 2.43 bits per heavy atom. The maximum absolute atomic E-state index is 9.88. The highest BCUT2D eigenvalue weighted by Gasteiger charge is 2.31. The summed E-state index contributed by atoms with van der Waals surface area (Å²) in [6, 6.07) is 0. The smallest absolute Gasteiger partial charge is 0.0719 e. The number of aliphatic hydroxyl groups excluding tert-OH is 1. The molecule has 2 unspecified atom stereocenters. The molecule has 0 saturated carbocycles. The molecule has 2 heterocycles. The molecule has 3 heteroatoms. The molecule has 2 aliphatic heterocycles. The quantitative estimate of drug-likeness (QED) is 0.711. The van der Waals surface area contributed by atoms with E-state index in [4.69, 9.17) is 0 Å². The fourth-order valence-corrected chi connectivity index (χ4v) is 2.68. The topological polar surface area (TPSA) is 26.7 Å². The molecule has 0 aromatic rings. The van der Waals surface area contributed by atoms with Crippen LogP contribution in [0.25, 0.3) is 0 Å². The summed E-state index contributed by atoms with van der Waals surface area (Å²) < 4.78 is 0. The van der Waals surface area contributed by atoms with E-state index in [-0.39, 0.29) is 6.10 Å². The first-order valence-corrected chi connectivity index (χ1v) is 5.92. The number of aliphatic hydroxyl groups is 1. The Balaban J connectivity index is 1.79. The molecule has 0 spiro atoms. The van der Waals surface area contributed by atoms with Crippen molar-refractivity contribution in [3.05, 3.63) is 0 Å². The van der Waals surface area contributed by atoms with Crippen LogP contribution in [-0.2, 0) is 0 Å². The molecule has 2 rings (SSSR count). The van der Waals surface area contributed by atoms with Gasteiger partial charge in [-0.25, -0.2) is 0 Å². The highest BCUT2D eigenvalue weighted by Crippen LogP contribution is 2.19. The first-order chi connectivity index (χ1) is 6.79. The van der Waals surface area contributed by atoms with Crippen molar-refractivity contribution < 1.29 is 5.11 Å². The van der Waals surface area contributed by atoms with Crippen molar-refractivity contribution in [3.63, 3.8) is 0 Å². The highest BCUT2D eigenvalue weighted by atomic mass is 16.3. The lowest BCUT2D eigenvalue weighted by Gasteiger charge is -2.21. The minimum atomic E-state index is -0.0875. The number of rotatable bonds is 3. The van der Waals surface area contributed by atoms with Gasteiger partial charge in [0.05, 0.1) is 6.10 Å². The SMILES string of the molecule is CCN1CC(O)C(CN2CCCC2)C1. The third kappa shape index (κ3) is 2.27. The number of likely N-dealkylation sites (tertiary alicyclic amines) is 2. The summed E-state index contributed by atoms with van der Waals surface area (Å²) in [7, 11) is 0. The van der Waals surface area contributed by atoms with Crippen LogP contribution in [-0.4, -0.2) is 60.3 Å². The van der Waals surface area contributed by atoms with Crippen molar-refractivity contribution in [2.45, 2.75) is 25.9 Å². The lowest BCUT2D eigenvalue weighted by Crippen LogP contribution is -2.32. The molecular weight excluding hydrogens is 176 g/mol. The van der Waals surface area contributed by atoms with Gasteiger partial charge in [0.2, 0.25) is 0 Å². The fraction of sp³-hybridized carbons (Fsp3) is 1.00. The van der Waals surface area contributed by atoms with E-state index in [0.717, 1.165) is 26.2 Å². The minimum absolute atomic E-state index is 0.0875. The van der Waals surface area contributed by atoms with Gasteiger partial charge >= 0.3 is 0 Å². The van der Waals surface area contributed by atoms with Crippen LogP contribution < -0.4 is 0 Å². The lowest BCUT2D eigenvalue weighted by atomic mass is 10.1.